The summed E-state index contributed by atoms with van der Waals surface area (Å²) in [5, 5.41) is 8.60. The van der Waals surface area contributed by atoms with Crippen molar-refractivity contribution in [3.63, 3.8) is 0 Å². The van der Waals surface area contributed by atoms with Crippen molar-refractivity contribution in [2.24, 2.45) is 0 Å². The molecule has 0 aliphatic rings. The summed E-state index contributed by atoms with van der Waals surface area (Å²) in [7, 11) is 5.21. The molecule has 0 spiro atoms. The second-order valence-electron chi connectivity index (χ2n) is 4.52. The number of amides is 1. The van der Waals surface area contributed by atoms with Gasteiger partial charge in [0.25, 0.3) is 5.91 Å². The van der Waals surface area contributed by atoms with Crippen LogP contribution in [0.25, 0.3) is 0 Å². The van der Waals surface area contributed by atoms with E-state index < -0.39 is 5.97 Å². The Labute approximate surface area is 112 Å². The van der Waals surface area contributed by atoms with Crippen LogP contribution >= 0.6 is 0 Å². The number of rotatable bonds is 6. The molecule has 6 heteroatoms. The van der Waals surface area contributed by atoms with E-state index in [0.29, 0.717) is 18.7 Å². The highest BCUT2D eigenvalue weighted by Crippen LogP contribution is 2.14. The number of aromatic nitrogens is 1. The Balaban J connectivity index is 2.70. The van der Waals surface area contributed by atoms with E-state index >= 15 is 0 Å². The molecule has 1 rings (SSSR count). The number of aliphatic carboxylic acids is 1. The summed E-state index contributed by atoms with van der Waals surface area (Å²) >= 11 is 0. The first kappa shape index (κ1) is 14.9. The van der Waals surface area contributed by atoms with Crippen molar-refractivity contribution < 1.29 is 14.7 Å². The van der Waals surface area contributed by atoms with Crippen LogP contribution in [0.1, 0.15) is 23.3 Å². The summed E-state index contributed by atoms with van der Waals surface area (Å²) in [6, 6.07) is 3.51. The van der Waals surface area contributed by atoms with Crippen LogP contribution in [0.2, 0.25) is 0 Å². The van der Waals surface area contributed by atoms with Crippen LogP contribution in [-0.4, -0.2) is 54.6 Å². The topological polar surface area (TPSA) is 73.7 Å². The molecule has 1 amide bonds. The van der Waals surface area contributed by atoms with E-state index in [1.54, 1.807) is 32.4 Å². The molecule has 104 valence electrons. The number of carbonyl (C=O) groups excluding carboxylic acids is 1. The van der Waals surface area contributed by atoms with Crippen molar-refractivity contribution in [3.05, 3.63) is 24.0 Å². The van der Waals surface area contributed by atoms with Gasteiger partial charge >= 0.3 is 5.97 Å². The number of anilines is 1. The first-order chi connectivity index (χ1) is 8.91. The molecule has 1 aromatic rings. The normalized spacial score (nSPS) is 10.1. The van der Waals surface area contributed by atoms with Crippen molar-refractivity contribution >= 4 is 17.6 Å². The van der Waals surface area contributed by atoms with E-state index in [-0.39, 0.29) is 12.3 Å². The molecule has 0 radical (unpaired) electrons. The van der Waals surface area contributed by atoms with Gasteiger partial charge in [0.15, 0.2) is 0 Å². The number of hydrogen-bond acceptors (Lipinski definition) is 4. The number of carboxylic acids is 1. The molecule has 0 saturated carbocycles. The third-order valence-corrected chi connectivity index (χ3v) is 2.69. The first-order valence-electron chi connectivity index (χ1n) is 6.02. The Bertz CT molecular complexity index is 460. The summed E-state index contributed by atoms with van der Waals surface area (Å²) in [5.74, 6) is -0.951. The molecular weight excluding hydrogens is 246 g/mol. The smallest absolute Gasteiger partial charge is 0.303 e. The fraction of sp³-hybridized carbons (Fsp3) is 0.462. The molecule has 0 fully saturated rings. The largest absolute Gasteiger partial charge is 0.481 e. The number of nitrogens with zero attached hydrogens (tertiary/aromatic N) is 3. The molecule has 1 N–H and O–H groups in total. The Morgan fingerprint density at radius 3 is 2.58 bits per heavy atom. The Hall–Kier alpha value is -2.11. The van der Waals surface area contributed by atoms with Crippen LogP contribution < -0.4 is 4.90 Å². The van der Waals surface area contributed by atoms with Crippen molar-refractivity contribution in [3.8, 4) is 0 Å². The van der Waals surface area contributed by atoms with Gasteiger partial charge in [-0.1, -0.05) is 0 Å². The summed E-state index contributed by atoms with van der Waals surface area (Å²) in [4.78, 5) is 29.7. The average Bonchev–Trinajstić information content (AvgIpc) is 2.37. The molecule has 1 heterocycles. The second kappa shape index (κ2) is 6.72. The van der Waals surface area contributed by atoms with E-state index in [1.807, 2.05) is 11.9 Å². The van der Waals surface area contributed by atoms with Crippen molar-refractivity contribution in [2.45, 2.75) is 12.8 Å². The summed E-state index contributed by atoms with van der Waals surface area (Å²) < 4.78 is 0. The predicted molar refractivity (Wildman–Crippen MR) is 72.4 cm³/mol. The molecule has 0 atom stereocenters. The average molecular weight is 265 g/mol. The quantitative estimate of drug-likeness (QED) is 0.833. The number of hydrogen-bond donors (Lipinski definition) is 1. The van der Waals surface area contributed by atoms with Gasteiger partial charge in [0, 0.05) is 46.0 Å². The van der Waals surface area contributed by atoms with Crippen molar-refractivity contribution in [1.82, 2.24) is 9.88 Å². The van der Waals surface area contributed by atoms with Gasteiger partial charge < -0.3 is 14.9 Å². The van der Waals surface area contributed by atoms with Crippen LogP contribution in [0, 0.1) is 0 Å². The molecule has 0 aliphatic carbocycles. The molecule has 19 heavy (non-hydrogen) atoms. The zero-order chi connectivity index (χ0) is 14.4. The lowest BCUT2D eigenvalue weighted by Crippen LogP contribution is -2.24. The SMILES string of the molecule is CN(C)C(=O)c1cc(N(C)CCCC(=O)O)ccn1. The maximum absolute atomic E-state index is 11.8. The summed E-state index contributed by atoms with van der Waals surface area (Å²) in [6.07, 6.45) is 2.28. The summed E-state index contributed by atoms with van der Waals surface area (Å²) in [6.45, 7) is 0.617. The lowest BCUT2D eigenvalue weighted by molar-refractivity contribution is -0.137. The maximum Gasteiger partial charge on any atom is 0.303 e. The van der Waals surface area contributed by atoms with Gasteiger partial charge in [-0.25, -0.2) is 0 Å². The minimum atomic E-state index is -0.799. The zero-order valence-electron chi connectivity index (χ0n) is 11.5. The van der Waals surface area contributed by atoms with Gasteiger partial charge in [0.2, 0.25) is 0 Å². The van der Waals surface area contributed by atoms with E-state index in [0.717, 1.165) is 5.69 Å². The second-order valence-corrected chi connectivity index (χ2v) is 4.52. The minimum Gasteiger partial charge on any atom is -0.481 e. The lowest BCUT2D eigenvalue weighted by Gasteiger charge is -2.19. The lowest BCUT2D eigenvalue weighted by atomic mass is 10.2. The molecule has 0 aromatic carbocycles. The van der Waals surface area contributed by atoms with Gasteiger partial charge in [0.05, 0.1) is 0 Å². The maximum atomic E-state index is 11.8. The van der Waals surface area contributed by atoms with Gasteiger partial charge in [0.1, 0.15) is 5.69 Å². The van der Waals surface area contributed by atoms with Crippen LogP contribution in [0.3, 0.4) is 0 Å². The fourth-order valence-electron chi connectivity index (χ4n) is 1.60. The summed E-state index contributed by atoms with van der Waals surface area (Å²) in [5.41, 5.74) is 1.23. The van der Waals surface area contributed by atoms with Gasteiger partial charge in [-0.2, -0.15) is 0 Å². The van der Waals surface area contributed by atoms with Crippen molar-refractivity contribution in [2.75, 3.05) is 32.6 Å². The van der Waals surface area contributed by atoms with Gasteiger partial charge in [-0.05, 0) is 18.6 Å². The van der Waals surface area contributed by atoms with E-state index in [2.05, 4.69) is 4.98 Å². The van der Waals surface area contributed by atoms with Gasteiger partial charge in [-0.15, -0.1) is 0 Å². The highest BCUT2D eigenvalue weighted by atomic mass is 16.4. The zero-order valence-corrected chi connectivity index (χ0v) is 11.5. The van der Waals surface area contributed by atoms with Crippen molar-refractivity contribution in [1.29, 1.82) is 0 Å². The predicted octanol–water partition coefficient (Wildman–Crippen LogP) is 1.08. The first-order valence-corrected chi connectivity index (χ1v) is 6.02. The highest BCUT2D eigenvalue weighted by Gasteiger charge is 2.11. The Morgan fingerprint density at radius 1 is 1.32 bits per heavy atom. The third kappa shape index (κ3) is 4.57. The van der Waals surface area contributed by atoms with Crippen LogP contribution in [0.15, 0.2) is 18.3 Å². The molecule has 1 aromatic heterocycles. The Kier molecular flexibility index (Phi) is 5.29. The number of carboxylic acid groups (broad SMARTS) is 1. The third-order valence-electron chi connectivity index (χ3n) is 2.69. The molecule has 6 nitrogen and oxygen atoms in total. The van der Waals surface area contributed by atoms with E-state index in [1.165, 1.54) is 4.90 Å². The van der Waals surface area contributed by atoms with Crippen LogP contribution in [0.5, 0.6) is 0 Å². The van der Waals surface area contributed by atoms with Gasteiger partial charge in [-0.3, -0.25) is 14.6 Å². The molecular formula is C13H19N3O3. The standard InChI is InChI=1S/C13H19N3O3/c1-15(2)13(19)11-9-10(6-7-14-11)16(3)8-4-5-12(17)18/h6-7,9H,4-5,8H2,1-3H3,(H,17,18). The van der Waals surface area contributed by atoms with E-state index in [9.17, 15) is 9.59 Å². The molecule has 0 bridgehead atoms. The molecule has 0 aliphatic heterocycles. The van der Waals surface area contributed by atoms with E-state index in [4.69, 9.17) is 5.11 Å². The minimum absolute atomic E-state index is 0.138. The highest BCUT2D eigenvalue weighted by molar-refractivity contribution is 5.92. The molecule has 0 unspecified atom stereocenters. The number of pyridine rings is 1. The fourth-order valence-corrected chi connectivity index (χ4v) is 1.60. The number of carbonyl (C=O) groups is 2. The monoisotopic (exact) mass is 265 g/mol. The van der Waals surface area contributed by atoms with Crippen LogP contribution in [-0.2, 0) is 4.79 Å². The Morgan fingerprint density at radius 2 is 2.00 bits per heavy atom. The molecule has 0 saturated heterocycles. The van der Waals surface area contributed by atoms with Crippen LogP contribution in [0.4, 0.5) is 5.69 Å².